The predicted octanol–water partition coefficient (Wildman–Crippen LogP) is 1.05. The van der Waals surface area contributed by atoms with Crippen LogP contribution in [0.15, 0.2) is 10.9 Å². The molecule has 0 bridgehead atoms. The van der Waals surface area contributed by atoms with Crippen molar-refractivity contribution in [3.05, 3.63) is 27.9 Å². The van der Waals surface area contributed by atoms with Gasteiger partial charge in [0.25, 0.3) is 5.56 Å². The van der Waals surface area contributed by atoms with Gasteiger partial charge in [-0.25, -0.2) is 4.98 Å². The number of nitrogens with zero attached hydrogens (tertiary/aromatic N) is 2. The van der Waals surface area contributed by atoms with Crippen molar-refractivity contribution in [3.63, 3.8) is 0 Å². The minimum absolute atomic E-state index is 0.156. The van der Waals surface area contributed by atoms with Crippen LogP contribution in [0.2, 0.25) is 0 Å². The van der Waals surface area contributed by atoms with Crippen molar-refractivity contribution in [1.82, 2.24) is 14.9 Å². The first kappa shape index (κ1) is 11.0. The second kappa shape index (κ2) is 4.61. The zero-order valence-electron chi connectivity index (χ0n) is 10.1. The van der Waals surface area contributed by atoms with E-state index in [1.807, 2.05) is 4.57 Å². The number of piperidine rings is 1. The summed E-state index contributed by atoms with van der Waals surface area (Å²) >= 11 is 0. The van der Waals surface area contributed by atoms with Gasteiger partial charge in [0.2, 0.25) is 0 Å². The summed E-state index contributed by atoms with van der Waals surface area (Å²) in [5.74, 6) is 1.49. The van der Waals surface area contributed by atoms with E-state index < -0.39 is 0 Å². The summed E-state index contributed by atoms with van der Waals surface area (Å²) in [5.41, 5.74) is 1.19. The van der Waals surface area contributed by atoms with Crippen molar-refractivity contribution in [1.29, 1.82) is 0 Å². The van der Waals surface area contributed by atoms with E-state index in [1.165, 1.54) is 6.42 Å². The molecular weight excluding hydrogens is 214 g/mol. The molecule has 4 nitrogen and oxygen atoms in total. The number of fused-ring (bicyclic) bond motifs is 1. The topological polar surface area (TPSA) is 46.9 Å². The summed E-state index contributed by atoms with van der Waals surface area (Å²) < 4.78 is 1.86. The number of nitrogens with one attached hydrogen (secondary N) is 1. The number of aromatic nitrogens is 2. The molecule has 0 amide bonds. The highest BCUT2D eigenvalue weighted by atomic mass is 16.1. The van der Waals surface area contributed by atoms with Crippen molar-refractivity contribution in [3.8, 4) is 0 Å². The standard InChI is InChI=1S/C13H19N3O/c17-13-9-11(10-4-6-14-7-5-10)15-12-3-1-2-8-16(12)13/h9-10,14H,1-8H2. The van der Waals surface area contributed by atoms with Crippen LogP contribution in [0.1, 0.15) is 43.1 Å². The summed E-state index contributed by atoms with van der Waals surface area (Å²) in [5, 5.41) is 3.35. The van der Waals surface area contributed by atoms with Gasteiger partial charge < -0.3 is 5.32 Å². The molecular formula is C13H19N3O. The third-order valence-corrected chi connectivity index (χ3v) is 3.90. The SMILES string of the molecule is O=c1cc(C2CCNCC2)nc2n1CCCC2. The smallest absolute Gasteiger partial charge is 0.253 e. The highest BCUT2D eigenvalue weighted by Crippen LogP contribution is 2.23. The Labute approximate surface area is 101 Å². The average molecular weight is 233 g/mol. The quantitative estimate of drug-likeness (QED) is 0.788. The van der Waals surface area contributed by atoms with E-state index in [2.05, 4.69) is 5.32 Å². The van der Waals surface area contributed by atoms with Crippen molar-refractivity contribution in [2.24, 2.45) is 0 Å². The van der Waals surface area contributed by atoms with Crippen molar-refractivity contribution < 1.29 is 0 Å². The van der Waals surface area contributed by atoms with Gasteiger partial charge in [-0.05, 0) is 38.8 Å². The molecule has 2 aliphatic heterocycles. The van der Waals surface area contributed by atoms with E-state index >= 15 is 0 Å². The predicted molar refractivity (Wildman–Crippen MR) is 66.3 cm³/mol. The maximum atomic E-state index is 12.0. The van der Waals surface area contributed by atoms with Crippen LogP contribution in [-0.4, -0.2) is 22.6 Å². The molecule has 3 heterocycles. The van der Waals surface area contributed by atoms with Gasteiger partial charge in [0.1, 0.15) is 5.82 Å². The molecule has 1 aromatic rings. The third kappa shape index (κ3) is 2.14. The first-order valence-electron chi connectivity index (χ1n) is 6.66. The van der Waals surface area contributed by atoms with Gasteiger partial charge in [0.05, 0.1) is 5.69 Å². The van der Waals surface area contributed by atoms with Crippen LogP contribution < -0.4 is 10.9 Å². The lowest BCUT2D eigenvalue weighted by atomic mass is 9.94. The average Bonchev–Trinajstić information content (AvgIpc) is 2.40. The van der Waals surface area contributed by atoms with E-state index in [4.69, 9.17) is 4.98 Å². The van der Waals surface area contributed by atoms with E-state index in [9.17, 15) is 4.79 Å². The first-order chi connectivity index (χ1) is 8.34. The molecule has 92 valence electrons. The Morgan fingerprint density at radius 2 is 2.12 bits per heavy atom. The van der Waals surface area contributed by atoms with E-state index in [1.54, 1.807) is 6.07 Å². The second-order valence-electron chi connectivity index (χ2n) is 5.07. The highest BCUT2D eigenvalue weighted by Gasteiger charge is 2.20. The van der Waals surface area contributed by atoms with Crippen LogP contribution >= 0.6 is 0 Å². The minimum Gasteiger partial charge on any atom is -0.317 e. The molecule has 0 atom stereocenters. The van der Waals surface area contributed by atoms with Crippen LogP contribution in [0.4, 0.5) is 0 Å². The van der Waals surface area contributed by atoms with Crippen LogP contribution in [0.3, 0.4) is 0 Å². The third-order valence-electron chi connectivity index (χ3n) is 3.90. The molecule has 1 N–H and O–H groups in total. The number of rotatable bonds is 1. The fourth-order valence-corrected chi connectivity index (χ4v) is 2.88. The summed E-state index contributed by atoms with van der Waals surface area (Å²) in [4.78, 5) is 16.8. The molecule has 0 radical (unpaired) electrons. The summed E-state index contributed by atoms with van der Waals surface area (Å²) in [6, 6.07) is 1.77. The number of hydrogen-bond donors (Lipinski definition) is 1. The van der Waals surface area contributed by atoms with Crippen molar-refractivity contribution in [2.75, 3.05) is 13.1 Å². The van der Waals surface area contributed by atoms with Crippen LogP contribution in [0.25, 0.3) is 0 Å². The number of aryl methyl sites for hydroxylation is 1. The molecule has 1 aromatic heterocycles. The molecule has 17 heavy (non-hydrogen) atoms. The second-order valence-corrected chi connectivity index (χ2v) is 5.07. The van der Waals surface area contributed by atoms with Crippen LogP contribution in [0, 0.1) is 0 Å². The Hall–Kier alpha value is -1.16. The van der Waals surface area contributed by atoms with Crippen LogP contribution in [-0.2, 0) is 13.0 Å². The maximum absolute atomic E-state index is 12.0. The lowest BCUT2D eigenvalue weighted by Gasteiger charge is -2.24. The Bertz CT molecular complexity index is 460. The number of hydrogen-bond acceptors (Lipinski definition) is 3. The lowest BCUT2D eigenvalue weighted by molar-refractivity contribution is 0.439. The minimum atomic E-state index is 0.156. The van der Waals surface area contributed by atoms with Gasteiger partial charge in [-0.1, -0.05) is 0 Å². The molecule has 4 heteroatoms. The Morgan fingerprint density at radius 1 is 1.29 bits per heavy atom. The van der Waals surface area contributed by atoms with Gasteiger partial charge >= 0.3 is 0 Å². The lowest BCUT2D eigenvalue weighted by Crippen LogP contribution is -2.31. The van der Waals surface area contributed by atoms with Gasteiger partial charge in [-0.3, -0.25) is 9.36 Å². The molecule has 0 unspecified atom stereocenters. The zero-order valence-corrected chi connectivity index (χ0v) is 10.1. The van der Waals surface area contributed by atoms with Gasteiger partial charge in [0.15, 0.2) is 0 Å². The summed E-state index contributed by atoms with van der Waals surface area (Å²) in [6.07, 6.45) is 5.46. The molecule has 3 rings (SSSR count). The fourth-order valence-electron chi connectivity index (χ4n) is 2.88. The Balaban J connectivity index is 1.95. The van der Waals surface area contributed by atoms with Crippen LogP contribution in [0.5, 0.6) is 0 Å². The fraction of sp³-hybridized carbons (Fsp3) is 0.692. The molecule has 0 aliphatic carbocycles. The first-order valence-corrected chi connectivity index (χ1v) is 6.66. The molecule has 1 saturated heterocycles. The van der Waals surface area contributed by atoms with E-state index in [-0.39, 0.29) is 5.56 Å². The molecule has 2 aliphatic rings. The van der Waals surface area contributed by atoms with Gasteiger partial charge in [0, 0.05) is 24.9 Å². The summed E-state index contributed by atoms with van der Waals surface area (Å²) in [6.45, 7) is 2.95. The van der Waals surface area contributed by atoms with Gasteiger partial charge in [-0.2, -0.15) is 0 Å². The monoisotopic (exact) mass is 233 g/mol. The molecule has 0 aromatic carbocycles. The largest absolute Gasteiger partial charge is 0.317 e. The highest BCUT2D eigenvalue weighted by molar-refractivity contribution is 5.12. The van der Waals surface area contributed by atoms with E-state index in [0.29, 0.717) is 5.92 Å². The summed E-state index contributed by atoms with van der Waals surface area (Å²) in [7, 11) is 0. The zero-order chi connectivity index (χ0) is 11.7. The van der Waals surface area contributed by atoms with Crippen molar-refractivity contribution >= 4 is 0 Å². The Kier molecular flexibility index (Phi) is 2.97. The van der Waals surface area contributed by atoms with E-state index in [0.717, 1.165) is 56.8 Å². The molecule has 0 spiro atoms. The van der Waals surface area contributed by atoms with Gasteiger partial charge in [-0.15, -0.1) is 0 Å². The molecule has 0 saturated carbocycles. The van der Waals surface area contributed by atoms with Crippen molar-refractivity contribution in [2.45, 2.75) is 44.6 Å². The molecule has 1 fully saturated rings. The normalized spacial score (nSPS) is 21.2. The maximum Gasteiger partial charge on any atom is 0.253 e. The Morgan fingerprint density at radius 3 is 2.94 bits per heavy atom.